The maximum atomic E-state index is 12.8. The number of rotatable bonds is 41. The number of hydrogen-bond donors (Lipinski definition) is 2. The lowest BCUT2D eigenvalue weighted by molar-refractivity contribution is -0.150. The number of carboxylic acids is 1. The number of esters is 1. The minimum absolute atomic E-state index is 0.0259. The molecule has 320 valence electrons. The third kappa shape index (κ3) is 43.6. The van der Waals surface area contributed by atoms with E-state index < -0.39 is 5.97 Å². The van der Waals surface area contributed by atoms with Gasteiger partial charge in [0.2, 0.25) is 5.91 Å². The van der Waals surface area contributed by atoms with Crippen LogP contribution >= 0.6 is 0 Å². The van der Waals surface area contributed by atoms with Crippen LogP contribution in [0.1, 0.15) is 213 Å². The first-order chi connectivity index (χ1) is 27.5. The fourth-order valence-corrected chi connectivity index (χ4v) is 6.48. The van der Waals surface area contributed by atoms with E-state index in [1.165, 1.54) is 83.5 Å². The van der Waals surface area contributed by atoms with Gasteiger partial charge in [-0.05, 0) is 103 Å². The number of carbonyl (C=O) groups excluding carboxylic acids is 2. The van der Waals surface area contributed by atoms with Crippen LogP contribution in [0.25, 0.3) is 0 Å². The molecule has 0 rings (SSSR count). The summed E-state index contributed by atoms with van der Waals surface area (Å²) >= 11 is 0. The first kappa shape index (κ1) is 52.9. The van der Waals surface area contributed by atoms with Crippen LogP contribution < -0.4 is 5.32 Å². The van der Waals surface area contributed by atoms with E-state index in [1.54, 1.807) is 0 Å². The van der Waals surface area contributed by atoms with E-state index in [-0.39, 0.29) is 24.5 Å². The molecule has 0 saturated heterocycles. The maximum absolute atomic E-state index is 12.8. The van der Waals surface area contributed by atoms with Crippen LogP contribution in [-0.4, -0.2) is 35.6 Å². The number of nitrogens with one attached hydrogen (secondary N) is 1. The summed E-state index contributed by atoms with van der Waals surface area (Å²) in [6, 6.07) is 0. The van der Waals surface area contributed by atoms with Gasteiger partial charge >= 0.3 is 11.9 Å². The van der Waals surface area contributed by atoms with E-state index in [1.807, 2.05) is 0 Å². The van der Waals surface area contributed by atoms with Crippen molar-refractivity contribution in [3.8, 4) is 0 Å². The molecule has 0 heterocycles. The summed E-state index contributed by atoms with van der Waals surface area (Å²) in [4.78, 5) is 35.1. The van der Waals surface area contributed by atoms with Crippen molar-refractivity contribution in [1.29, 1.82) is 0 Å². The summed E-state index contributed by atoms with van der Waals surface area (Å²) in [5, 5.41) is 11.1. The van der Waals surface area contributed by atoms with E-state index in [0.717, 1.165) is 103 Å². The van der Waals surface area contributed by atoms with Crippen molar-refractivity contribution in [1.82, 2.24) is 5.32 Å². The third-order valence-corrected chi connectivity index (χ3v) is 9.86. The molecule has 1 amide bonds. The summed E-state index contributed by atoms with van der Waals surface area (Å²) in [5.74, 6) is -1.27. The molecule has 0 aliphatic carbocycles. The molecule has 0 spiro atoms. The zero-order chi connectivity index (χ0) is 40.8. The topological polar surface area (TPSA) is 92.7 Å². The van der Waals surface area contributed by atoms with Crippen molar-refractivity contribution in [3.05, 3.63) is 72.9 Å². The molecular weight excluding hydrogens is 695 g/mol. The SMILES string of the molecule is CC/C=C\C/C=C\C/C=C\C/C=C\CCCCCCCCCCC(=O)OC(CCC/C=C\C/C=C\CCCCCCC)CCCCCCCC(=O)NCC(=O)O. The van der Waals surface area contributed by atoms with E-state index >= 15 is 0 Å². The Labute approximate surface area is 344 Å². The fraction of sp³-hybridized carbons (Fsp3) is 0.700. The normalized spacial score (nSPS) is 12.8. The minimum atomic E-state index is -1.02. The highest BCUT2D eigenvalue weighted by Crippen LogP contribution is 2.18. The van der Waals surface area contributed by atoms with E-state index in [0.29, 0.717) is 12.8 Å². The molecule has 6 heteroatoms. The first-order valence-corrected chi connectivity index (χ1v) is 23.1. The molecule has 1 atom stereocenters. The Morgan fingerprint density at radius 2 is 0.893 bits per heavy atom. The lowest BCUT2D eigenvalue weighted by atomic mass is 10.0. The Bertz CT molecular complexity index is 1090. The predicted octanol–water partition coefficient (Wildman–Crippen LogP) is 14.6. The first-order valence-electron chi connectivity index (χ1n) is 23.1. The molecule has 6 nitrogen and oxygen atoms in total. The van der Waals surface area contributed by atoms with Gasteiger partial charge in [0.1, 0.15) is 12.6 Å². The van der Waals surface area contributed by atoms with Gasteiger partial charge in [-0.1, -0.05) is 170 Å². The summed E-state index contributed by atoms with van der Waals surface area (Å²) in [6.45, 7) is 4.10. The largest absolute Gasteiger partial charge is 0.480 e. The van der Waals surface area contributed by atoms with Crippen molar-refractivity contribution >= 4 is 17.8 Å². The molecule has 0 fully saturated rings. The number of ether oxygens (including phenoxy) is 1. The van der Waals surface area contributed by atoms with E-state index in [2.05, 4.69) is 92.1 Å². The highest BCUT2D eigenvalue weighted by molar-refractivity contribution is 5.80. The Morgan fingerprint density at radius 3 is 1.41 bits per heavy atom. The molecule has 0 aliphatic heterocycles. The standard InChI is InChI=1S/C50H85NO5/c1-3-5-7-9-11-13-15-17-18-19-20-21-22-23-24-26-28-30-32-37-41-45-50(55)56-47(43-39-35-33-36-40-44-48(52)51-46-49(53)54)42-38-34-31-29-27-25-16-14-12-10-8-6-4-2/h5,7,11,13,16-18,20-21,25,29,31,47H,3-4,6,8-10,12,14-15,19,22-24,26-28,30,32-46H2,1-2H3,(H,51,52)(H,53,54)/b7-5-,13-11-,18-17-,21-20-,25-16-,31-29-. The van der Waals surface area contributed by atoms with Crippen LogP contribution in [0.2, 0.25) is 0 Å². The minimum Gasteiger partial charge on any atom is -0.480 e. The quantitative estimate of drug-likeness (QED) is 0.0366. The van der Waals surface area contributed by atoms with Gasteiger partial charge in [0.15, 0.2) is 0 Å². The number of carboxylic acid groups (broad SMARTS) is 1. The van der Waals surface area contributed by atoms with Crippen molar-refractivity contribution in [2.24, 2.45) is 0 Å². The zero-order valence-corrected chi connectivity index (χ0v) is 36.2. The lowest BCUT2D eigenvalue weighted by Crippen LogP contribution is -2.28. The summed E-state index contributed by atoms with van der Waals surface area (Å²) in [6.07, 6.45) is 60.3. The molecule has 0 aromatic carbocycles. The van der Waals surface area contributed by atoms with E-state index in [4.69, 9.17) is 9.84 Å². The number of hydrogen-bond acceptors (Lipinski definition) is 4. The van der Waals surface area contributed by atoms with Gasteiger partial charge in [0, 0.05) is 12.8 Å². The third-order valence-electron chi connectivity index (χ3n) is 9.86. The summed E-state index contributed by atoms with van der Waals surface area (Å²) in [5.41, 5.74) is 0. The number of aliphatic carboxylic acids is 1. The smallest absolute Gasteiger partial charge is 0.322 e. The second-order valence-corrected chi connectivity index (χ2v) is 15.3. The Kier molecular flexibility index (Phi) is 42.1. The summed E-state index contributed by atoms with van der Waals surface area (Å²) in [7, 11) is 0. The summed E-state index contributed by atoms with van der Waals surface area (Å²) < 4.78 is 6.02. The molecule has 0 radical (unpaired) electrons. The highest BCUT2D eigenvalue weighted by Gasteiger charge is 2.14. The molecule has 1 unspecified atom stereocenters. The van der Waals surface area contributed by atoms with Gasteiger partial charge in [-0.2, -0.15) is 0 Å². The highest BCUT2D eigenvalue weighted by atomic mass is 16.5. The Balaban J connectivity index is 4.20. The average Bonchev–Trinajstić information content (AvgIpc) is 3.18. The molecule has 56 heavy (non-hydrogen) atoms. The van der Waals surface area contributed by atoms with Crippen LogP contribution in [0, 0.1) is 0 Å². The molecule has 0 saturated carbocycles. The molecule has 0 aromatic heterocycles. The molecule has 0 aliphatic rings. The second-order valence-electron chi connectivity index (χ2n) is 15.3. The van der Waals surface area contributed by atoms with Crippen molar-refractivity contribution < 1.29 is 24.2 Å². The zero-order valence-electron chi connectivity index (χ0n) is 36.2. The van der Waals surface area contributed by atoms with Gasteiger partial charge in [-0.3, -0.25) is 14.4 Å². The van der Waals surface area contributed by atoms with Gasteiger partial charge in [-0.15, -0.1) is 0 Å². The number of carbonyl (C=O) groups is 3. The van der Waals surface area contributed by atoms with Crippen LogP contribution in [-0.2, 0) is 19.1 Å². The predicted molar refractivity (Wildman–Crippen MR) is 240 cm³/mol. The molecular formula is C50H85NO5. The molecule has 2 N–H and O–H groups in total. The van der Waals surface area contributed by atoms with Crippen LogP contribution in [0.3, 0.4) is 0 Å². The van der Waals surface area contributed by atoms with Crippen molar-refractivity contribution in [3.63, 3.8) is 0 Å². The van der Waals surface area contributed by atoms with Crippen LogP contribution in [0.15, 0.2) is 72.9 Å². The molecule has 0 bridgehead atoms. The monoisotopic (exact) mass is 780 g/mol. The fourth-order valence-electron chi connectivity index (χ4n) is 6.48. The maximum Gasteiger partial charge on any atom is 0.322 e. The van der Waals surface area contributed by atoms with Crippen molar-refractivity contribution in [2.75, 3.05) is 6.54 Å². The number of unbranched alkanes of at least 4 members (excludes halogenated alkanes) is 18. The second kappa shape index (κ2) is 44.6. The number of allylic oxidation sites excluding steroid dienone is 12. The van der Waals surface area contributed by atoms with Gasteiger partial charge < -0.3 is 15.2 Å². The van der Waals surface area contributed by atoms with Gasteiger partial charge in [-0.25, -0.2) is 0 Å². The average molecular weight is 780 g/mol. The lowest BCUT2D eigenvalue weighted by Gasteiger charge is -2.18. The number of amides is 1. The van der Waals surface area contributed by atoms with Gasteiger partial charge in [0.05, 0.1) is 0 Å². The van der Waals surface area contributed by atoms with Crippen LogP contribution in [0.5, 0.6) is 0 Å². The van der Waals surface area contributed by atoms with Crippen molar-refractivity contribution in [2.45, 2.75) is 219 Å². The van der Waals surface area contributed by atoms with Gasteiger partial charge in [0.25, 0.3) is 0 Å². The van der Waals surface area contributed by atoms with E-state index in [9.17, 15) is 14.4 Å². The van der Waals surface area contributed by atoms with Crippen LogP contribution in [0.4, 0.5) is 0 Å². The Morgan fingerprint density at radius 1 is 0.482 bits per heavy atom. The Hall–Kier alpha value is -3.15. The molecule has 0 aromatic rings.